The largest absolute Gasteiger partial charge is 0.461 e. The lowest BCUT2D eigenvalue weighted by molar-refractivity contribution is 0.0520. The molecular formula is C19H23N3O3S. The second-order valence-electron chi connectivity index (χ2n) is 5.23. The van der Waals surface area contributed by atoms with Crippen molar-refractivity contribution >= 4 is 33.1 Å². The highest BCUT2D eigenvalue weighted by molar-refractivity contribution is 7.16. The first-order valence-corrected chi connectivity index (χ1v) is 9.41. The molecule has 0 saturated heterocycles. The lowest BCUT2D eigenvalue weighted by Gasteiger charge is -2.09. The number of carbonyl (C=O) groups excluding carboxylic acids is 1. The first-order chi connectivity index (χ1) is 12.6. The number of hydrogen-bond acceptors (Lipinski definition) is 6. The summed E-state index contributed by atoms with van der Waals surface area (Å²) in [6.45, 7) is 7.94. The zero-order chi connectivity index (χ0) is 19.3. The van der Waals surface area contributed by atoms with Crippen LogP contribution in [0.2, 0.25) is 0 Å². The third-order valence-electron chi connectivity index (χ3n) is 3.63. The second-order valence-corrected chi connectivity index (χ2v) is 6.10. The van der Waals surface area contributed by atoms with E-state index in [9.17, 15) is 9.59 Å². The maximum absolute atomic E-state index is 12.9. The van der Waals surface area contributed by atoms with E-state index in [4.69, 9.17) is 4.74 Å². The number of fused-ring (bicyclic) bond motifs is 1. The van der Waals surface area contributed by atoms with Gasteiger partial charge in [-0.3, -0.25) is 4.79 Å². The fourth-order valence-electron chi connectivity index (χ4n) is 2.44. The summed E-state index contributed by atoms with van der Waals surface area (Å²) in [6, 6.07) is 7.39. The predicted molar refractivity (Wildman–Crippen MR) is 107 cm³/mol. The molecule has 6 nitrogen and oxygen atoms in total. The monoisotopic (exact) mass is 373 g/mol. The summed E-state index contributed by atoms with van der Waals surface area (Å²) in [5.41, 5.74) is 1.55. The quantitative estimate of drug-likeness (QED) is 0.700. The van der Waals surface area contributed by atoms with Gasteiger partial charge in [0.1, 0.15) is 5.00 Å². The molecule has 3 aromatic rings. The standard InChI is InChI=1S/C17H17N3O3S.C2H6/c1-4-23-17(22)14-12-9-24-15(18-3)13(12)16(21)20(19-14)11-7-5-10(2)6-8-11;1-2/h5-9,18H,4H2,1-3H3;1-2H3. The first-order valence-electron chi connectivity index (χ1n) is 8.53. The highest BCUT2D eigenvalue weighted by atomic mass is 32.1. The van der Waals surface area contributed by atoms with E-state index in [0.29, 0.717) is 21.5 Å². The number of thiophene rings is 1. The summed E-state index contributed by atoms with van der Waals surface area (Å²) in [4.78, 5) is 25.2. The van der Waals surface area contributed by atoms with Crippen LogP contribution < -0.4 is 10.9 Å². The van der Waals surface area contributed by atoms with E-state index in [1.54, 1.807) is 31.5 Å². The highest BCUT2D eigenvalue weighted by Crippen LogP contribution is 2.30. The summed E-state index contributed by atoms with van der Waals surface area (Å²) in [5, 5.41) is 10.7. The SMILES string of the molecule is CC.CCOC(=O)c1nn(-c2ccc(C)cc2)c(=O)c2c(NC)scc12. The molecule has 0 aliphatic heterocycles. The normalized spacial score (nSPS) is 10.2. The molecule has 2 heterocycles. The van der Waals surface area contributed by atoms with Gasteiger partial charge in [-0.15, -0.1) is 11.3 Å². The molecule has 0 aliphatic carbocycles. The molecular weight excluding hydrogens is 350 g/mol. The molecule has 26 heavy (non-hydrogen) atoms. The summed E-state index contributed by atoms with van der Waals surface area (Å²) in [7, 11) is 1.74. The Labute approximate surface area is 156 Å². The maximum atomic E-state index is 12.9. The van der Waals surface area contributed by atoms with Gasteiger partial charge in [-0.05, 0) is 26.0 Å². The van der Waals surface area contributed by atoms with E-state index < -0.39 is 5.97 Å². The van der Waals surface area contributed by atoms with Gasteiger partial charge in [-0.1, -0.05) is 31.5 Å². The van der Waals surface area contributed by atoms with Crippen molar-refractivity contribution in [3.63, 3.8) is 0 Å². The van der Waals surface area contributed by atoms with Gasteiger partial charge in [0.2, 0.25) is 0 Å². The van der Waals surface area contributed by atoms with Crippen LogP contribution in [0.5, 0.6) is 0 Å². The summed E-state index contributed by atoms with van der Waals surface area (Å²) in [6.07, 6.45) is 0. The Hall–Kier alpha value is -2.67. The molecule has 1 N–H and O–H groups in total. The number of ether oxygens (including phenoxy) is 1. The number of aromatic nitrogens is 2. The Kier molecular flexibility index (Phi) is 6.52. The Morgan fingerprint density at radius 2 is 1.92 bits per heavy atom. The summed E-state index contributed by atoms with van der Waals surface area (Å²) >= 11 is 1.36. The van der Waals surface area contributed by atoms with Crippen molar-refractivity contribution in [1.29, 1.82) is 0 Å². The molecule has 0 atom stereocenters. The summed E-state index contributed by atoms with van der Waals surface area (Å²) in [5.74, 6) is -0.538. The van der Waals surface area contributed by atoms with Gasteiger partial charge in [0.15, 0.2) is 5.69 Å². The molecule has 0 aliphatic rings. The molecule has 0 amide bonds. The zero-order valence-corrected chi connectivity index (χ0v) is 16.4. The Morgan fingerprint density at radius 1 is 1.27 bits per heavy atom. The van der Waals surface area contributed by atoms with Crippen LogP contribution in [0.15, 0.2) is 34.4 Å². The van der Waals surface area contributed by atoms with Crippen LogP contribution in [0.3, 0.4) is 0 Å². The topological polar surface area (TPSA) is 73.2 Å². The number of carbonyl (C=O) groups is 1. The number of aryl methyl sites for hydroxylation is 1. The van der Waals surface area contributed by atoms with Gasteiger partial charge in [0, 0.05) is 17.8 Å². The van der Waals surface area contributed by atoms with E-state index in [2.05, 4.69) is 10.4 Å². The number of nitrogens with zero attached hydrogens (tertiary/aromatic N) is 2. The number of anilines is 1. The fraction of sp³-hybridized carbons (Fsp3) is 0.316. The van der Waals surface area contributed by atoms with Gasteiger partial charge < -0.3 is 10.1 Å². The van der Waals surface area contributed by atoms with E-state index in [0.717, 1.165) is 5.56 Å². The second kappa shape index (κ2) is 8.62. The van der Waals surface area contributed by atoms with E-state index in [-0.39, 0.29) is 17.9 Å². The molecule has 1 aromatic carbocycles. The van der Waals surface area contributed by atoms with Crippen molar-refractivity contribution in [2.45, 2.75) is 27.7 Å². The van der Waals surface area contributed by atoms with Crippen LogP contribution >= 0.6 is 11.3 Å². The zero-order valence-electron chi connectivity index (χ0n) is 15.6. The molecule has 0 bridgehead atoms. The van der Waals surface area contributed by atoms with Crippen LogP contribution in [0.25, 0.3) is 16.5 Å². The number of hydrogen-bond donors (Lipinski definition) is 1. The molecule has 0 fully saturated rings. The van der Waals surface area contributed by atoms with Crippen molar-refractivity contribution in [3.8, 4) is 5.69 Å². The average Bonchev–Trinajstić information content (AvgIpc) is 3.09. The van der Waals surface area contributed by atoms with Gasteiger partial charge >= 0.3 is 5.97 Å². The van der Waals surface area contributed by atoms with Crippen LogP contribution in [-0.4, -0.2) is 29.4 Å². The molecule has 7 heteroatoms. The maximum Gasteiger partial charge on any atom is 0.359 e. The Bertz CT molecular complexity index is 959. The fourth-order valence-corrected chi connectivity index (χ4v) is 3.34. The van der Waals surface area contributed by atoms with Gasteiger partial charge in [0.05, 0.1) is 17.7 Å². The molecule has 0 unspecified atom stereocenters. The number of nitrogens with one attached hydrogen (secondary N) is 1. The van der Waals surface area contributed by atoms with E-state index >= 15 is 0 Å². The predicted octanol–water partition coefficient (Wildman–Crippen LogP) is 4.00. The van der Waals surface area contributed by atoms with Gasteiger partial charge in [-0.2, -0.15) is 9.78 Å². The third kappa shape index (κ3) is 3.62. The minimum Gasteiger partial charge on any atom is -0.461 e. The smallest absolute Gasteiger partial charge is 0.359 e. The average molecular weight is 373 g/mol. The van der Waals surface area contributed by atoms with Crippen LogP contribution in [0.4, 0.5) is 5.00 Å². The minimum absolute atomic E-state index is 0.143. The van der Waals surface area contributed by atoms with Gasteiger partial charge in [-0.25, -0.2) is 4.79 Å². The minimum atomic E-state index is -0.538. The van der Waals surface area contributed by atoms with Crippen molar-refractivity contribution in [2.24, 2.45) is 0 Å². The lowest BCUT2D eigenvalue weighted by atomic mass is 10.2. The highest BCUT2D eigenvalue weighted by Gasteiger charge is 2.21. The molecule has 3 rings (SSSR count). The Morgan fingerprint density at radius 3 is 2.50 bits per heavy atom. The van der Waals surface area contributed by atoms with Crippen LogP contribution in [0, 0.1) is 6.92 Å². The summed E-state index contributed by atoms with van der Waals surface area (Å²) < 4.78 is 6.35. The van der Waals surface area contributed by atoms with E-state index in [1.165, 1.54) is 16.0 Å². The lowest BCUT2D eigenvalue weighted by Crippen LogP contribution is -2.25. The Balaban J connectivity index is 0.00000117. The third-order valence-corrected chi connectivity index (χ3v) is 4.62. The van der Waals surface area contributed by atoms with Crippen molar-refractivity contribution < 1.29 is 9.53 Å². The van der Waals surface area contributed by atoms with Crippen molar-refractivity contribution in [2.75, 3.05) is 19.0 Å². The molecule has 0 radical (unpaired) electrons. The van der Waals surface area contributed by atoms with E-state index in [1.807, 2.05) is 32.9 Å². The molecule has 138 valence electrons. The number of esters is 1. The van der Waals surface area contributed by atoms with Crippen molar-refractivity contribution in [3.05, 3.63) is 51.3 Å². The molecule has 0 saturated carbocycles. The number of rotatable bonds is 4. The molecule has 2 aromatic heterocycles. The van der Waals surface area contributed by atoms with Gasteiger partial charge in [0.25, 0.3) is 5.56 Å². The van der Waals surface area contributed by atoms with Crippen LogP contribution in [0.1, 0.15) is 36.8 Å². The van der Waals surface area contributed by atoms with Crippen molar-refractivity contribution in [1.82, 2.24) is 9.78 Å². The first kappa shape index (κ1) is 19.7. The van der Waals surface area contributed by atoms with Crippen LogP contribution in [-0.2, 0) is 4.74 Å². The number of benzene rings is 1. The molecule has 0 spiro atoms.